The Morgan fingerprint density at radius 3 is 1.36 bits per heavy atom. The molecule has 0 aromatic heterocycles. The molecule has 39 heavy (non-hydrogen) atoms. The van der Waals surface area contributed by atoms with Gasteiger partial charge in [0.05, 0.1) is 31.0 Å². The van der Waals surface area contributed by atoms with Crippen LogP contribution in [0, 0.1) is 13.8 Å². The maximum Gasteiger partial charge on any atom is 0.142 e. The zero-order chi connectivity index (χ0) is 27.6. The van der Waals surface area contributed by atoms with E-state index in [-0.39, 0.29) is 0 Å². The molecule has 0 unspecified atom stereocenters. The molecule has 0 saturated carbocycles. The summed E-state index contributed by atoms with van der Waals surface area (Å²) in [6.45, 7) is 4.04. The summed E-state index contributed by atoms with van der Waals surface area (Å²) in [5.41, 5.74) is 21.9. The molecule has 4 nitrogen and oxygen atoms in total. The standard InChI is InChI=1S/C35H34N2O2/c1-23-19-29(21-31(38-3)33(23)36)35(27-13-9-6-10-14-27,30-20-24(2)34(37)32(22-30)39-4)28-17-15-26(16-18-28)25-11-7-5-8-12-25/h5-22H,36-37H2,1-4H3. The van der Waals surface area contributed by atoms with Crippen molar-refractivity contribution >= 4 is 11.4 Å². The number of hydrogen-bond acceptors (Lipinski definition) is 4. The van der Waals surface area contributed by atoms with Crippen LogP contribution in [-0.4, -0.2) is 14.2 Å². The van der Waals surface area contributed by atoms with E-state index in [9.17, 15) is 0 Å². The lowest BCUT2D eigenvalue weighted by atomic mass is 9.64. The van der Waals surface area contributed by atoms with E-state index >= 15 is 0 Å². The van der Waals surface area contributed by atoms with Crippen molar-refractivity contribution in [1.82, 2.24) is 0 Å². The minimum atomic E-state index is -0.714. The Kier molecular flexibility index (Phi) is 7.03. The fraction of sp³-hybridized carbons (Fsp3) is 0.143. The highest BCUT2D eigenvalue weighted by Gasteiger charge is 2.40. The lowest BCUT2D eigenvalue weighted by Crippen LogP contribution is -2.31. The maximum atomic E-state index is 6.43. The molecule has 0 aliphatic carbocycles. The molecule has 0 atom stereocenters. The molecule has 4 N–H and O–H groups in total. The molecule has 0 spiro atoms. The molecule has 5 aromatic carbocycles. The minimum absolute atomic E-state index is 0.633. The Labute approximate surface area is 230 Å². The molecule has 0 aliphatic heterocycles. The zero-order valence-corrected chi connectivity index (χ0v) is 22.9. The molecule has 0 heterocycles. The average Bonchev–Trinajstić information content (AvgIpc) is 2.98. The van der Waals surface area contributed by atoms with E-state index in [0.717, 1.165) is 38.9 Å². The summed E-state index contributed by atoms with van der Waals surface area (Å²) in [7, 11) is 3.31. The Bertz CT molecular complexity index is 1530. The van der Waals surface area contributed by atoms with Gasteiger partial charge < -0.3 is 20.9 Å². The largest absolute Gasteiger partial charge is 0.495 e. The van der Waals surface area contributed by atoms with Crippen LogP contribution < -0.4 is 20.9 Å². The molecule has 0 aliphatic rings. The van der Waals surface area contributed by atoms with Gasteiger partial charge >= 0.3 is 0 Å². The smallest absolute Gasteiger partial charge is 0.142 e. The quantitative estimate of drug-likeness (QED) is 0.174. The molecule has 4 heteroatoms. The van der Waals surface area contributed by atoms with Gasteiger partial charge in [0.1, 0.15) is 11.5 Å². The number of hydrogen-bond donors (Lipinski definition) is 2. The Hall–Kier alpha value is -4.70. The van der Waals surface area contributed by atoms with Crippen LogP contribution in [0.4, 0.5) is 11.4 Å². The summed E-state index contributed by atoms with van der Waals surface area (Å²) in [6.07, 6.45) is 0. The summed E-state index contributed by atoms with van der Waals surface area (Å²) < 4.78 is 11.5. The van der Waals surface area contributed by atoms with Crippen LogP contribution in [0.3, 0.4) is 0 Å². The number of methoxy groups -OCH3 is 2. The first-order chi connectivity index (χ1) is 18.9. The van der Waals surface area contributed by atoms with Crippen LogP contribution >= 0.6 is 0 Å². The predicted molar refractivity (Wildman–Crippen MR) is 162 cm³/mol. The van der Waals surface area contributed by atoms with Crippen LogP contribution in [0.1, 0.15) is 33.4 Å². The summed E-state index contributed by atoms with van der Waals surface area (Å²) >= 11 is 0. The summed E-state index contributed by atoms with van der Waals surface area (Å²) in [4.78, 5) is 0. The van der Waals surface area contributed by atoms with Crippen LogP contribution in [0.5, 0.6) is 11.5 Å². The van der Waals surface area contributed by atoms with E-state index in [1.165, 1.54) is 5.56 Å². The van der Waals surface area contributed by atoms with E-state index in [4.69, 9.17) is 20.9 Å². The second-order valence-corrected chi connectivity index (χ2v) is 9.88. The topological polar surface area (TPSA) is 70.5 Å². The second-order valence-electron chi connectivity index (χ2n) is 9.88. The van der Waals surface area contributed by atoms with Crippen LogP contribution in [0.15, 0.2) is 109 Å². The normalized spacial score (nSPS) is 11.3. The third-order valence-electron chi connectivity index (χ3n) is 7.64. The van der Waals surface area contributed by atoms with E-state index in [2.05, 4.69) is 97.1 Å². The monoisotopic (exact) mass is 514 g/mol. The molecule has 0 amide bonds. The molecule has 196 valence electrons. The summed E-state index contributed by atoms with van der Waals surface area (Å²) in [5.74, 6) is 1.29. The van der Waals surface area contributed by atoms with Crippen molar-refractivity contribution in [3.8, 4) is 22.6 Å². The molecular weight excluding hydrogens is 480 g/mol. The first kappa shape index (κ1) is 25.9. The second kappa shape index (κ2) is 10.6. The van der Waals surface area contributed by atoms with Gasteiger partial charge in [-0.2, -0.15) is 0 Å². The van der Waals surface area contributed by atoms with Gasteiger partial charge in [-0.1, -0.05) is 97.1 Å². The molecular formula is C35H34N2O2. The van der Waals surface area contributed by atoms with E-state index in [1.807, 2.05) is 26.0 Å². The van der Waals surface area contributed by atoms with E-state index < -0.39 is 5.41 Å². The number of anilines is 2. The lowest BCUT2D eigenvalue weighted by Gasteiger charge is -2.38. The number of aryl methyl sites for hydroxylation is 2. The van der Waals surface area contributed by atoms with Gasteiger partial charge in [-0.15, -0.1) is 0 Å². The molecule has 5 rings (SSSR count). The molecule has 0 radical (unpaired) electrons. The highest BCUT2D eigenvalue weighted by atomic mass is 16.5. The highest BCUT2D eigenvalue weighted by Crippen LogP contribution is 2.49. The van der Waals surface area contributed by atoms with Gasteiger partial charge in [0.25, 0.3) is 0 Å². The molecule has 0 saturated heterocycles. The van der Waals surface area contributed by atoms with Gasteiger partial charge in [0.15, 0.2) is 0 Å². The maximum absolute atomic E-state index is 6.43. The van der Waals surface area contributed by atoms with Crippen molar-refractivity contribution in [2.24, 2.45) is 0 Å². The van der Waals surface area contributed by atoms with Crippen LogP contribution in [-0.2, 0) is 5.41 Å². The van der Waals surface area contributed by atoms with Crippen molar-refractivity contribution in [3.63, 3.8) is 0 Å². The van der Waals surface area contributed by atoms with Crippen molar-refractivity contribution in [1.29, 1.82) is 0 Å². The fourth-order valence-electron chi connectivity index (χ4n) is 5.53. The van der Waals surface area contributed by atoms with Crippen molar-refractivity contribution in [2.75, 3.05) is 25.7 Å². The number of rotatable bonds is 7. The number of nitrogen functional groups attached to an aromatic ring is 2. The van der Waals surface area contributed by atoms with Crippen molar-refractivity contribution in [2.45, 2.75) is 19.3 Å². The number of nitrogens with two attached hydrogens (primary N) is 2. The minimum Gasteiger partial charge on any atom is -0.495 e. The lowest BCUT2D eigenvalue weighted by molar-refractivity contribution is 0.414. The average molecular weight is 515 g/mol. The Morgan fingerprint density at radius 2 is 0.897 bits per heavy atom. The Morgan fingerprint density at radius 1 is 0.487 bits per heavy atom. The first-order valence-electron chi connectivity index (χ1n) is 13.0. The molecule has 5 aromatic rings. The van der Waals surface area contributed by atoms with Crippen molar-refractivity contribution < 1.29 is 9.47 Å². The summed E-state index contributed by atoms with van der Waals surface area (Å²) in [6, 6.07) is 38.2. The van der Waals surface area contributed by atoms with E-state index in [1.54, 1.807) is 14.2 Å². The van der Waals surface area contributed by atoms with Crippen molar-refractivity contribution in [3.05, 3.63) is 143 Å². The molecule has 0 bridgehead atoms. The van der Waals surface area contributed by atoms with Gasteiger partial charge in [0, 0.05) is 0 Å². The van der Waals surface area contributed by atoms with E-state index in [0.29, 0.717) is 22.9 Å². The number of benzene rings is 5. The first-order valence-corrected chi connectivity index (χ1v) is 13.0. The van der Waals surface area contributed by atoms with Gasteiger partial charge in [-0.05, 0) is 70.5 Å². The van der Waals surface area contributed by atoms with Crippen LogP contribution in [0.2, 0.25) is 0 Å². The van der Waals surface area contributed by atoms with Crippen LogP contribution in [0.25, 0.3) is 11.1 Å². The summed E-state index contributed by atoms with van der Waals surface area (Å²) in [5, 5.41) is 0. The highest BCUT2D eigenvalue weighted by molar-refractivity contribution is 5.71. The SMILES string of the molecule is COc1cc(C(c2ccccc2)(c2ccc(-c3ccccc3)cc2)c2cc(C)c(N)c(OC)c2)cc(C)c1N. The third kappa shape index (κ3) is 4.48. The van der Waals surface area contributed by atoms with Gasteiger partial charge in [-0.25, -0.2) is 0 Å². The predicted octanol–water partition coefficient (Wildman–Crippen LogP) is 7.53. The third-order valence-corrected chi connectivity index (χ3v) is 7.64. The fourth-order valence-corrected chi connectivity index (χ4v) is 5.53. The zero-order valence-electron chi connectivity index (χ0n) is 22.9. The number of ether oxygens (including phenoxy) is 2. The Balaban J connectivity index is 1.90. The van der Waals surface area contributed by atoms with Gasteiger partial charge in [-0.3, -0.25) is 0 Å². The molecule has 0 fully saturated rings. The van der Waals surface area contributed by atoms with Gasteiger partial charge in [0.2, 0.25) is 0 Å².